The van der Waals surface area contributed by atoms with Crippen LogP contribution in [0.1, 0.15) is 19.3 Å². The maximum Gasteiger partial charge on any atom is 0.321 e. The van der Waals surface area contributed by atoms with Gasteiger partial charge in [-0.1, -0.05) is 24.0 Å². The minimum Gasteiger partial charge on any atom is -0.481 e. The number of carbonyl (C=O) groups excluding carboxylic acids is 1. The number of carbonyl (C=O) groups is 3. The van der Waals surface area contributed by atoms with Gasteiger partial charge >= 0.3 is 11.9 Å². The number of hydrogen-bond acceptors (Lipinski definition) is 6. The normalized spacial score (nSPS) is 16.4. The van der Waals surface area contributed by atoms with Gasteiger partial charge < -0.3 is 10.2 Å². The molecule has 1 rings (SSSR count). The van der Waals surface area contributed by atoms with E-state index in [2.05, 4.69) is 5.32 Å². The standard InChI is InChI=1S/C10H14N2O5S2/c13-7-2-1-3-12(7)10(18)19-5-11-6(9(16)17)4-8(14)15/h6,11H,1-5H2,(H,14,15)(H,16,17). The number of likely N-dealkylation sites (tertiary alicyclic amines) is 1. The third-order valence-corrected chi connectivity index (χ3v) is 3.85. The maximum atomic E-state index is 11.4. The van der Waals surface area contributed by atoms with Gasteiger partial charge in [-0.15, -0.1) is 0 Å². The Morgan fingerprint density at radius 3 is 2.63 bits per heavy atom. The van der Waals surface area contributed by atoms with Gasteiger partial charge in [-0.25, -0.2) is 0 Å². The SMILES string of the molecule is O=C(O)CC(NCSC(=S)N1CCCC1=O)C(=O)O. The van der Waals surface area contributed by atoms with Crippen LogP contribution in [0, 0.1) is 0 Å². The second kappa shape index (κ2) is 7.41. The molecule has 0 aromatic rings. The number of rotatable bonds is 6. The fraction of sp³-hybridized carbons (Fsp3) is 0.600. The van der Waals surface area contributed by atoms with E-state index in [4.69, 9.17) is 22.4 Å². The van der Waals surface area contributed by atoms with Gasteiger partial charge in [0.25, 0.3) is 0 Å². The summed E-state index contributed by atoms with van der Waals surface area (Å²) in [6, 6.07) is -1.16. The summed E-state index contributed by atoms with van der Waals surface area (Å²) in [5, 5.41) is 19.9. The topological polar surface area (TPSA) is 107 Å². The largest absolute Gasteiger partial charge is 0.481 e. The molecule has 0 spiro atoms. The van der Waals surface area contributed by atoms with E-state index in [1.165, 1.54) is 4.90 Å². The Balaban J connectivity index is 2.35. The molecular weight excluding hydrogens is 292 g/mol. The van der Waals surface area contributed by atoms with Gasteiger partial charge in [0, 0.05) is 18.8 Å². The lowest BCUT2D eigenvalue weighted by atomic mass is 10.2. The average molecular weight is 306 g/mol. The van der Waals surface area contributed by atoms with Crippen molar-refractivity contribution in [2.24, 2.45) is 0 Å². The summed E-state index contributed by atoms with van der Waals surface area (Å²) in [5.41, 5.74) is 0. The first-order chi connectivity index (χ1) is 8.91. The number of hydrogen-bond donors (Lipinski definition) is 3. The fourth-order valence-corrected chi connectivity index (χ4v) is 2.67. The predicted molar refractivity (Wildman–Crippen MR) is 72.8 cm³/mol. The van der Waals surface area contributed by atoms with Crippen LogP contribution in [0.5, 0.6) is 0 Å². The number of carboxylic acid groups (broad SMARTS) is 2. The summed E-state index contributed by atoms with van der Waals surface area (Å²) in [6.45, 7) is 0.585. The molecule has 0 aliphatic carbocycles. The molecule has 9 heteroatoms. The Labute approximate surface area is 119 Å². The first-order valence-electron chi connectivity index (χ1n) is 5.57. The van der Waals surface area contributed by atoms with Crippen LogP contribution in [0.2, 0.25) is 0 Å². The van der Waals surface area contributed by atoms with Crippen molar-refractivity contribution in [1.29, 1.82) is 0 Å². The van der Waals surface area contributed by atoms with Gasteiger partial charge in [0.05, 0.1) is 6.42 Å². The van der Waals surface area contributed by atoms with Crippen LogP contribution in [0.4, 0.5) is 0 Å². The van der Waals surface area contributed by atoms with Crippen LogP contribution >= 0.6 is 24.0 Å². The Morgan fingerprint density at radius 2 is 2.16 bits per heavy atom. The van der Waals surface area contributed by atoms with Crippen molar-refractivity contribution in [2.45, 2.75) is 25.3 Å². The quantitative estimate of drug-likeness (QED) is 0.468. The molecule has 1 heterocycles. The fourth-order valence-electron chi connectivity index (χ4n) is 1.54. The zero-order valence-electron chi connectivity index (χ0n) is 10.00. The Morgan fingerprint density at radius 1 is 1.47 bits per heavy atom. The third-order valence-electron chi connectivity index (χ3n) is 2.50. The van der Waals surface area contributed by atoms with Crippen LogP contribution in [0.15, 0.2) is 0 Å². The van der Waals surface area contributed by atoms with Gasteiger partial charge in [-0.05, 0) is 6.42 Å². The molecule has 106 valence electrons. The molecule has 3 N–H and O–H groups in total. The predicted octanol–water partition coefficient (Wildman–Crippen LogP) is 0.102. The van der Waals surface area contributed by atoms with E-state index < -0.39 is 24.4 Å². The number of thioether (sulfide) groups is 1. The average Bonchev–Trinajstić information content (AvgIpc) is 2.73. The summed E-state index contributed by atoms with van der Waals surface area (Å²) in [5.74, 6) is -2.31. The molecule has 1 atom stereocenters. The van der Waals surface area contributed by atoms with Crippen molar-refractivity contribution in [2.75, 3.05) is 12.4 Å². The minimum absolute atomic E-state index is 0.0298. The molecule has 0 bridgehead atoms. The van der Waals surface area contributed by atoms with Crippen LogP contribution in [-0.2, 0) is 14.4 Å². The summed E-state index contributed by atoms with van der Waals surface area (Å²) < 4.78 is 0.384. The second-order valence-corrected chi connectivity index (χ2v) is 5.51. The lowest BCUT2D eigenvalue weighted by molar-refractivity contribution is -0.145. The Kier molecular flexibility index (Phi) is 6.19. The zero-order valence-corrected chi connectivity index (χ0v) is 11.6. The van der Waals surface area contributed by atoms with Gasteiger partial charge in [0.2, 0.25) is 5.91 Å². The van der Waals surface area contributed by atoms with Crippen molar-refractivity contribution in [3.8, 4) is 0 Å². The molecule has 1 aliphatic heterocycles. The maximum absolute atomic E-state index is 11.4. The Hall–Kier alpha value is -1.19. The van der Waals surface area contributed by atoms with Gasteiger partial charge in [0.15, 0.2) is 0 Å². The van der Waals surface area contributed by atoms with E-state index in [0.29, 0.717) is 17.3 Å². The van der Waals surface area contributed by atoms with E-state index in [1.54, 1.807) is 0 Å². The highest BCUT2D eigenvalue weighted by Gasteiger charge is 2.25. The number of amides is 1. The Bertz CT molecular complexity index is 401. The first kappa shape index (κ1) is 15.9. The van der Waals surface area contributed by atoms with Crippen LogP contribution in [0.25, 0.3) is 0 Å². The van der Waals surface area contributed by atoms with Crippen molar-refractivity contribution >= 4 is 46.1 Å². The van der Waals surface area contributed by atoms with Crippen molar-refractivity contribution in [1.82, 2.24) is 10.2 Å². The van der Waals surface area contributed by atoms with Crippen LogP contribution < -0.4 is 5.32 Å². The van der Waals surface area contributed by atoms with Crippen molar-refractivity contribution in [3.05, 3.63) is 0 Å². The van der Waals surface area contributed by atoms with E-state index in [9.17, 15) is 14.4 Å². The van der Waals surface area contributed by atoms with E-state index in [0.717, 1.165) is 18.2 Å². The number of aliphatic carboxylic acids is 2. The van der Waals surface area contributed by atoms with Crippen LogP contribution in [0.3, 0.4) is 0 Å². The lowest BCUT2D eigenvalue weighted by Crippen LogP contribution is -2.39. The molecule has 0 saturated carbocycles. The summed E-state index contributed by atoms with van der Waals surface area (Å²) in [4.78, 5) is 34.1. The molecule has 1 aliphatic rings. The molecule has 1 fully saturated rings. The smallest absolute Gasteiger partial charge is 0.321 e. The highest BCUT2D eigenvalue weighted by atomic mass is 32.2. The molecule has 1 saturated heterocycles. The number of nitrogens with one attached hydrogen (secondary N) is 1. The van der Waals surface area contributed by atoms with Crippen molar-refractivity contribution in [3.63, 3.8) is 0 Å². The summed E-state index contributed by atoms with van der Waals surface area (Å²) in [7, 11) is 0. The monoisotopic (exact) mass is 306 g/mol. The summed E-state index contributed by atoms with van der Waals surface area (Å²) in [6.07, 6.45) is 0.736. The minimum atomic E-state index is -1.23. The van der Waals surface area contributed by atoms with E-state index in [-0.39, 0.29) is 11.8 Å². The molecule has 7 nitrogen and oxygen atoms in total. The highest BCUT2D eigenvalue weighted by molar-refractivity contribution is 8.22. The molecule has 19 heavy (non-hydrogen) atoms. The first-order valence-corrected chi connectivity index (χ1v) is 6.96. The molecule has 1 unspecified atom stereocenters. The number of thiocarbonyl (C=S) groups is 1. The summed E-state index contributed by atoms with van der Waals surface area (Å²) >= 11 is 6.18. The molecular formula is C10H14N2O5S2. The highest BCUT2D eigenvalue weighted by Crippen LogP contribution is 2.16. The lowest BCUT2D eigenvalue weighted by Gasteiger charge is -2.17. The molecule has 0 radical (unpaired) electrons. The van der Waals surface area contributed by atoms with E-state index in [1.807, 2.05) is 0 Å². The van der Waals surface area contributed by atoms with Gasteiger partial charge in [-0.2, -0.15) is 0 Å². The van der Waals surface area contributed by atoms with Gasteiger partial charge in [0.1, 0.15) is 10.4 Å². The van der Waals surface area contributed by atoms with Gasteiger partial charge in [-0.3, -0.25) is 24.6 Å². The third kappa shape index (κ3) is 5.13. The number of carboxylic acids is 2. The molecule has 0 aromatic heterocycles. The molecule has 0 aromatic carbocycles. The van der Waals surface area contributed by atoms with Crippen LogP contribution in [-0.4, -0.2) is 55.7 Å². The second-order valence-electron chi connectivity index (χ2n) is 3.90. The van der Waals surface area contributed by atoms with E-state index >= 15 is 0 Å². The zero-order chi connectivity index (χ0) is 14.4. The van der Waals surface area contributed by atoms with Crippen molar-refractivity contribution < 1.29 is 24.6 Å². The molecule has 1 amide bonds. The number of nitrogens with zero attached hydrogens (tertiary/aromatic N) is 1.